The molecule has 0 fully saturated rings. The van der Waals surface area contributed by atoms with Crippen LogP contribution < -0.4 is 5.32 Å². The molecule has 3 nitrogen and oxygen atoms in total. The Labute approximate surface area is 114 Å². The monoisotopic (exact) mass is 278 g/mol. The molecule has 0 aliphatic rings. The molecule has 0 amide bonds. The van der Waals surface area contributed by atoms with E-state index in [-0.39, 0.29) is 18.5 Å². The second-order valence-electron chi connectivity index (χ2n) is 4.50. The molecule has 17 heavy (non-hydrogen) atoms. The molecule has 0 aromatic carbocycles. The molecule has 1 rings (SSSR count). The van der Waals surface area contributed by atoms with Crippen molar-refractivity contribution >= 4 is 23.7 Å². The SMILES string of the molecule is CCc1nc(CNCC(O)CC(C)C)cs1.Cl. The van der Waals surface area contributed by atoms with Gasteiger partial charge in [0.05, 0.1) is 16.8 Å². The Balaban J connectivity index is 0.00000256. The van der Waals surface area contributed by atoms with Crippen LogP contribution in [-0.2, 0) is 13.0 Å². The molecule has 1 heterocycles. The number of rotatable bonds is 7. The van der Waals surface area contributed by atoms with Crippen molar-refractivity contribution in [3.8, 4) is 0 Å². The Morgan fingerprint density at radius 2 is 2.18 bits per heavy atom. The van der Waals surface area contributed by atoms with E-state index in [1.165, 1.54) is 5.01 Å². The maximum absolute atomic E-state index is 9.67. The standard InChI is InChI=1S/C12H22N2OS.ClH/c1-4-12-14-10(8-16-12)6-13-7-11(15)5-9(2)3;/h8-9,11,13,15H,4-7H2,1-3H3;1H. The zero-order chi connectivity index (χ0) is 12.0. The van der Waals surface area contributed by atoms with Crippen molar-refractivity contribution in [1.29, 1.82) is 0 Å². The Kier molecular flexibility index (Phi) is 8.78. The summed E-state index contributed by atoms with van der Waals surface area (Å²) in [6, 6.07) is 0. The van der Waals surface area contributed by atoms with E-state index in [1.54, 1.807) is 11.3 Å². The Hall–Kier alpha value is -0.160. The number of thiazole rings is 1. The van der Waals surface area contributed by atoms with Gasteiger partial charge in [0.15, 0.2) is 0 Å². The van der Waals surface area contributed by atoms with E-state index in [0.29, 0.717) is 12.5 Å². The summed E-state index contributed by atoms with van der Waals surface area (Å²) in [4.78, 5) is 4.46. The molecule has 0 aliphatic carbocycles. The van der Waals surface area contributed by atoms with Crippen LogP contribution in [0.3, 0.4) is 0 Å². The van der Waals surface area contributed by atoms with Crippen molar-refractivity contribution in [2.45, 2.75) is 46.3 Å². The fourth-order valence-corrected chi connectivity index (χ4v) is 2.33. The molecule has 0 spiro atoms. The van der Waals surface area contributed by atoms with Crippen LogP contribution in [0.15, 0.2) is 5.38 Å². The van der Waals surface area contributed by atoms with E-state index < -0.39 is 0 Å². The lowest BCUT2D eigenvalue weighted by Gasteiger charge is -2.13. The summed E-state index contributed by atoms with van der Waals surface area (Å²) in [5, 5.41) is 16.2. The van der Waals surface area contributed by atoms with Gasteiger partial charge in [-0.25, -0.2) is 4.98 Å². The summed E-state index contributed by atoms with van der Waals surface area (Å²) >= 11 is 1.71. The zero-order valence-electron chi connectivity index (χ0n) is 10.8. The Morgan fingerprint density at radius 3 is 2.71 bits per heavy atom. The molecule has 1 unspecified atom stereocenters. The third-order valence-electron chi connectivity index (χ3n) is 2.33. The third-order valence-corrected chi connectivity index (χ3v) is 3.37. The molecule has 1 aromatic rings. The van der Waals surface area contributed by atoms with Gasteiger partial charge in [0, 0.05) is 18.5 Å². The first kappa shape index (κ1) is 16.8. The third kappa shape index (κ3) is 6.99. The summed E-state index contributed by atoms with van der Waals surface area (Å²) in [7, 11) is 0. The van der Waals surface area contributed by atoms with Crippen molar-refractivity contribution in [2.24, 2.45) is 5.92 Å². The number of aromatic nitrogens is 1. The molecule has 1 aromatic heterocycles. The number of halogens is 1. The predicted octanol–water partition coefficient (Wildman–Crippen LogP) is 2.62. The van der Waals surface area contributed by atoms with Gasteiger partial charge in [-0.05, 0) is 18.8 Å². The second-order valence-corrected chi connectivity index (χ2v) is 5.44. The largest absolute Gasteiger partial charge is 0.392 e. The summed E-state index contributed by atoms with van der Waals surface area (Å²) in [5.74, 6) is 0.544. The van der Waals surface area contributed by atoms with Gasteiger partial charge in [0.25, 0.3) is 0 Å². The van der Waals surface area contributed by atoms with Gasteiger partial charge in [-0.15, -0.1) is 23.7 Å². The summed E-state index contributed by atoms with van der Waals surface area (Å²) < 4.78 is 0. The number of nitrogens with one attached hydrogen (secondary N) is 1. The summed E-state index contributed by atoms with van der Waals surface area (Å²) in [6.07, 6.45) is 1.61. The maximum atomic E-state index is 9.67. The average Bonchev–Trinajstić information content (AvgIpc) is 2.64. The number of hydrogen-bond acceptors (Lipinski definition) is 4. The highest BCUT2D eigenvalue weighted by Gasteiger charge is 2.06. The van der Waals surface area contributed by atoms with E-state index in [1.807, 2.05) is 0 Å². The minimum Gasteiger partial charge on any atom is -0.392 e. The highest BCUT2D eigenvalue weighted by Crippen LogP contribution is 2.10. The maximum Gasteiger partial charge on any atom is 0.0926 e. The normalized spacial score (nSPS) is 12.5. The van der Waals surface area contributed by atoms with Crippen LogP contribution in [0.25, 0.3) is 0 Å². The lowest BCUT2D eigenvalue weighted by atomic mass is 10.1. The lowest BCUT2D eigenvalue weighted by Crippen LogP contribution is -2.27. The minimum atomic E-state index is -0.246. The fourth-order valence-electron chi connectivity index (χ4n) is 1.59. The second kappa shape index (κ2) is 8.86. The summed E-state index contributed by atoms with van der Waals surface area (Å²) in [5.41, 5.74) is 1.08. The van der Waals surface area contributed by atoms with Crippen LogP contribution in [-0.4, -0.2) is 22.7 Å². The number of aliphatic hydroxyl groups excluding tert-OH is 1. The van der Waals surface area contributed by atoms with Crippen LogP contribution in [0.4, 0.5) is 0 Å². The van der Waals surface area contributed by atoms with Crippen molar-refractivity contribution in [3.63, 3.8) is 0 Å². The van der Waals surface area contributed by atoms with Gasteiger partial charge in [0.2, 0.25) is 0 Å². The number of aryl methyl sites for hydroxylation is 1. The van der Waals surface area contributed by atoms with Crippen LogP contribution in [0.5, 0.6) is 0 Å². The van der Waals surface area contributed by atoms with Gasteiger partial charge in [-0.1, -0.05) is 20.8 Å². The molecule has 0 saturated heterocycles. The van der Waals surface area contributed by atoms with E-state index >= 15 is 0 Å². The van der Waals surface area contributed by atoms with Crippen LogP contribution in [0.2, 0.25) is 0 Å². The first-order chi connectivity index (χ1) is 7.61. The number of hydrogen-bond donors (Lipinski definition) is 2. The summed E-state index contributed by atoms with van der Waals surface area (Å²) in [6.45, 7) is 7.76. The minimum absolute atomic E-state index is 0. The molecule has 0 radical (unpaired) electrons. The van der Waals surface area contributed by atoms with Gasteiger partial charge in [-0.2, -0.15) is 0 Å². The molecule has 2 N–H and O–H groups in total. The molecule has 1 atom stereocenters. The molecule has 100 valence electrons. The topological polar surface area (TPSA) is 45.2 Å². The quantitative estimate of drug-likeness (QED) is 0.806. The van der Waals surface area contributed by atoms with Gasteiger partial charge in [-0.3, -0.25) is 0 Å². The highest BCUT2D eigenvalue weighted by atomic mass is 35.5. The molecule has 5 heteroatoms. The van der Waals surface area contributed by atoms with Gasteiger partial charge in [0.1, 0.15) is 0 Å². The van der Waals surface area contributed by atoms with E-state index in [0.717, 1.165) is 25.1 Å². The lowest BCUT2D eigenvalue weighted by molar-refractivity contribution is 0.146. The molecule has 0 bridgehead atoms. The van der Waals surface area contributed by atoms with Crippen molar-refractivity contribution in [2.75, 3.05) is 6.54 Å². The van der Waals surface area contributed by atoms with E-state index in [9.17, 15) is 5.11 Å². The predicted molar refractivity (Wildman–Crippen MR) is 75.9 cm³/mol. The van der Waals surface area contributed by atoms with Crippen LogP contribution in [0, 0.1) is 5.92 Å². The van der Waals surface area contributed by atoms with Crippen LogP contribution >= 0.6 is 23.7 Å². The number of nitrogens with zero attached hydrogens (tertiary/aromatic N) is 1. The molecular formula is C12H23ClN2OS. The number of aliphatic hydroxyl groups is 1. The smallest absolute Gasteiger partial charge is 0.0926 e. The van der Waals surface area contributed by atoms with E-state index in [2.05, 4.69) is 36.5 Å². The Morgan fingerprint density at radius 1 is 1.47 bits per heavy atom. The molecular weight excluding hydrogens is 256 g/mol. The van der Waals surface area contributed by atoms with E-state index in [4.69, 9.17) is 0 Å². The Bertz CT molecular complexity index is 304. The first-order valence-electron chi connectivity index (χ1n) is 5.93. The zero-order valence-corrected chi connectivity index (χ0v) is 12.4. The molecule has 0 aliphatic heterocycles. The van der Waals surface area contributed by atoms with Gasteiger partial charge >= 0.3 is 0 Å². The van der Waals surface area contributed by atoms with Crippen molar-refractivity contribution < 1.29 is 5.11 Å². The first-order valence-corrected chi connectivity index (χ1v) is 6.81. The average molecular weight is 279 g/mol. The van der Waals surface area contributed by atoms with Crippen molar-refractivity contribution in [1.82, 2.24) is 10.3 Å². The highest BCUT2D eigenvalue weighted by molar-refractivity contribution is 7.09. The molecule has 0 saturated carbocycles. The van der Waals surface area contributed by atoms with Crippen molar-refractivity contribution in [3.05, 3.63) is 16.1 Å². The fraction of sp³-hybridized carbons (Fsp3) is 0.750. The van der Waals surface area contributed by atoms with Gasteiger partial charge < -0.3 is 10.4 Å². The van der Waals surface area contributed by atoms with Crippen LogP contribution in [0.1, 0.15) is 37.9 Å².